The van der Waals surface area contributed by atoms with E-state index in [1.54, 1.807) is 0 Å². The van der Waals surface area contributed by atoms with E-state index < -0.39 is 0 Å². The normalized spacial score (nSPS) is 11.0. The van der Waals surface area contributed by atoms with Crippen molar-refractivity contribution in [2.24, 2.45) is 0 Å². The van der Waals surface area contributed by atoms with E-state index in [9.17, 15) is 0 Å². The van der Waals surface area contributed by atoms with Crippen molar-refractivity contribution in [3.63, 3.8) is 0 Å². The van der Waals surface area contributed by atoms with E-state index in [0.717, 1.165) is 6.42 Å². The predicted molar refractivity (Wildman–Crippen MR) is 98.0 cm³/mol. The molecule has 0 bridgehead atoms. The minimum atomic E-state index is 0.258. The fourth-order valence-electron chi connectivity index (χ4n) is 3.19. The molecule has 2 aromatic carbocycles. The van der Waals surface area contributed by atoms with Gasteiger partial charge in [0.1, 0.15) is 0 Å². The van der Waals surface area contributed by atoms with Gasteiger partial charge >= 0.3 is 0 Å². The summed E-state index contributed by atoms with van der Waals surface area (Å²) in [5.74, 6) is 0.258. The fourth-order valence-corrected chi connectivity index (χ4v) is 3.19. The topological polar surface area (TPSA) is 25.8 Å². The van der Waals surface area contributed by atoms with Crippen molar-refractivity contribution >= 4 is 10.8 Å². The van der Waals surface area contributed by atoms with Crippen LogP contribution in [0.5, 0.6) is 0 Å². The molecule has 4 aromatic rings. The van der Waals surface area contributed by atoms with Crippen LogP contribution in [0.2, 0.25) is 0 Å². The molecule has 2 aromatic heterocycles. The molecule has 0 aliphatic rings. The molecule has 0 saturated heterocycles. The Bertz CT molecular complexity index is 894. The van der Waals surface area contributed by atoms with Gasteiger partial charge in [-0.05, 0) is 46.0 Å². The molecule has 0 spiro atoms. The highest BCUT2D eigenvalue weighted by atomic mass is 14.6. The van der Waals surface area contributed by atoms with Gasteiger partial charge in [0.15, 0.2) is 0 Å². The van der Waals surface area contributed by atoms with Crippen molar-refractivity contribution in [3.8, 4) is 0 Å². The zero-order chi connectivity index (χ0) is 16.2. The van der Waals surface area contributed by atoms with E-state index in [-0.39, 0.29) is 5.92 Å². The predicted octanol–water partition coefficient (Wildman–Crippen LogP) is 5.00. The summed E-state index contributed by atoms with van der Waals surface area (Å²) in [5, 5.41) is 2.56. The number of rotatable bonds is 4. The second-order valence-corrected chi connectivity index (χ2v) is 6.01. The van der Waals surface area contributed by atoms with Crippen LogP contribution in [0.1, 0.15) is 22.6 Å². The van der Waals surface area contributed by atoms with Gasteiger partial charge in [-0.1, -0.05) is 54.6 Å². The molecular weight excluding hydrogens is 292 g/mol. The highest BCUT2D eigenvalue weighted by molar-refractivity contribution is 5.83. The van der Waals surface area contributed by atoms with E-state index in [0.29, 0.717) is 0 Å². The lowest BCUT2D eigenvalue weighted by atomic mass is 9.87. The Hall–Kier alpha value is -3.00. The van der Waals surface area contributed by atoms with Crippen molar-refractivity contribution in [1.82, 2.24) is 9.97 Å². The van der Waals surface area contributed by atoms with Gasteiger partial charge in [-0.2, -0.15) is 0 Å². The maximum absolute atomic E-state index is 4.30. The van der Waals surface area contributed by atoms with Gasteiger partial charge in [-0.3, -0.25) is 9.97 Å². The van der Waals surface area contributed by atoms with Crippen LogP contribution in [0, 0.1) is 0 Å². The number of hydrogen-bond acceptors (Lipinski definition) is 2. The van der Waals surface area contributed by atoms with E-state index in [4.69, 9.17) is 0 Å². The second kappa shape index (κ2) is 6.63. The summed E-state index contributed by atoms with van der Waals surface area (Å²) < 4.78 is 0. The summed E-state index contributed by atoms with van der Waals surface area (Å²) in [5.41, 5.74) is 3.77. The SMILES string of the molecule is c1cncc(C(Cc2ccc3ccccc3c2)c2cccnc2)c1. The summed E-state index contributed by atoms with van der Waals surface area (Å²) in [6, 6.07) is 23.5. The van der Waals surface area contributed by atoms with Crippen molar-refractivity contribution in [2.75, 3.05) is 0 Å². The highest BCUT2D eigenvalue weighted by Crippen LogP contribution is 2.28. The maximum Gasteiger partial charge on any atom is 0.0306 e. The number of fused-ring (bicyclic) bond motifs is 1. The molecule has 0 aliphatic carbocycles. The van der Waals surface area contributed by atoms with Crippen molar-refractivity contribution in [2.45, 2.75) is 12.3 Å². The molecule has 0 atom stereocenters. The minimum absolute atomic E-state index is 0.258. The number of aromatic nitrogens is 2. The maximum atomic E-state index is 4.30. The Morgan fingerprint density at radius 3 is 1.96 bits per heavy atom. The Morgan fingerprint density at radius 1 is 0.667 bits per heavy atom. The first-order chi connectivity index (χ1) is 11.9. The molecule has 2 heteroatoms. The van der Waals surface area contributed by atoms with Crippen LogP contribution in [0.3, 0.4) is 0 Å². The second-order valence-electron chi connectivity index (χ2n) is 6.01. The molecule has 0 amide bonds. The van der Waals surface area contributed by atoms with Gasteiger partial charge in [0.05, 0.1) is 0 Å². The highest BCUT2D eigenvalue weighted by Gasteiger charge is 2.15. The fraction of sp³-hybridized carbons (Fsp3) is 0.0909. The molecule has 2 heterocycles. The molecule has 0 radical (unpaired) electrons. The smallest absolute Gasteiger partial charge is 0.0306 e. The van der Waals surface area contributed by atoms with E-state index in [1.165, 1.54) is 27.5 Å². The van der Waals surface area contributed by atoms with Gasteiger partial charge in [-0.15, -0.1) is 0 Å². The molecule has 0 saturated carbocycles. The molecule has 24 heavy (non-hydrogen) atoms. The van der Waals surface area contributed by atoms with Crippen LogP contribution < -0.4 is 0 Å². The summed E-state index contributed by atoms with van der Waals surface area (Å²) in [7, 11) is 0. The van der Waals surface area contributed by atoms with Crippen LogP contribution in [-0.2, 0) is 6.42 Å². The number of pyridine rings is 2. The van der Waals surface area contributed by atoms with Crippen LogP contribution in [-0.4, -0.2) is 9.97 Å². The van der Waals surface area contributed by atoms with E-state index >= 15 is 0 Å². The summed E-state index contributed by atoms with van der Waals surface area (Å²) >= 11 is 0. The number of hydrogen-bond donors (Lipinski definition) is 0. The average molecular weight is 310 g/mol. The van der Waals surface area contributed by atoms with Crippen molar-refractivity contribution in [3.05, 3.63) is 108 Å². The molecular formula is C22H18N2. The standard InChI is InChI=1S/C22H18N2/c1-2-6-19-13-17(9-10-18(19)5-1)14-22(20-7-3-11-23-15-20)21-8-4-12-24-16-21/h1-13,15-16,22H,14H2. The third-order valence-corrected chi connectivity index (χ3v) is 4.43. The zero-order valence-electron chi connectivity index (χ0n) is 13.3. The lowest BCUT2D eigenvalue weighted by Gasteiger charge is -2.18. The third kappa shape index (κ3) is 3.04. The average Bonchev–Trinajstić information content (AvgIpc) is 2.67. The van der Waals surface area contributed by atoms with Gasteiger partial charge in [0.2, 0.25) is 0 Å². The van der Waals surface area contributed by atoms with Crippen molar-refractivity contribution in [1.29, 1.82) is 0 Å². The van der Waals surface area contributed by atoms with Crippen LogP contribution in [0.25, 0.3) is 10.8 Å². The first kappa shape index (κ1) is 14.6. The van der Waals surface area contributed by atoms with Crippen LogP contribution >= 0.6 is 0 Å². The van der Waals surface area contributed by atoms with E-state index in [2.05, 4.69) is 64.6 Å². The Kier molecular flexibility index (Phi) is 4.03. The van der Waals surface area contributed by atoms with Crippen LogP contribution in [0.15, 0.2) is 91.5 Å². The Labute approximate surface area is 141 Å². The molecule has 116 valence electrons. The quantitative estimate of drug-likeness (QED) is 0.530. The van der Waals surface area contributed by atoms with Gasteiger partial charge in [-0.25, -0.2) is 0 Å². The zero-order valence-corrected chi connectivity index (χ0v) is 13.3. The Morgan fingerprint density at radius 2 is 1.33 bits per heavy atom. The molecule has 0 aliphatic heterocycles. The molecule has 4 rings (SSSR count). The Balaban J connectivity index is 1.73. The lowest BCUT2D eigenvalue weighted by Crippen LogP contribution is -2.06. The molecule has 0 fully saturated rings. The van der Waals surface area contributed by atoms with Gasteiger partial charge < -0.3 is 0 Å². The molecule has 0 N–H and O–H groups in total. The number of benzene rings is 2. The van der Waals surface area contributed by atoms with E-state index in [1.807, 2.05) is 36.9 Å². The third-order valence-electron chi connectivity index (χ3n) is 4.43. The summed E-state index contributed by atoms with van der Waals surface area (Å²) in [6.45, 7) is 0. The first-order valence-electron chi connectivity index (χ1n) is 8.18. The summed E-state index contributed by atoms with van der Waals surface area (Å²) in [4.78, 5) is 8.60. The summed E-state index contributed by atoms with van der Waals surface area (Å²) in [6.07, 6.45) is 8.49. The van der Waals surface area contributed by atoms with Gasteiger partial charge in [0, 0.05) is 30.7 Å². The van der Waals surface area contributed by atoms with Crippen molar-refractivity contribution < 1.29 is 0 Å². The lowest BCUT2D eigenvalue weighted by molar-refractivity contribution is 0.795. The van der Waals surface area contributed by atoms with Crippen LogP contribution in [0.4, 0.5) is 0 Å². The molecule has 0 unspecified atom stereocenters. The first-order valence-corrected chi connectivity index (χ1v) is 8.18. The molecule has 2 nitrogen and oxygen atoms in total. The largest absolute Gasteiger partial charge is 0.264 e. The number of nitrogens with zero attached hydrogens (tertiary/aromatic N) is 2. The van der Waals surface area contributed by atoms with Gasteiger partial charge in [0.25, 0.3) is 0 Å². The monoisotopic (exact) mass is 310 g/mol. The minimum Gasteiger partial charge on any atom is -0.264 e.